The highest BCUT2D eigenvalue weighted by Gasteiger charge is 2.30. The van der Waals surface area contributed by atoms with Crippen LogP contribution in [0.25, 0.3) is 0 Å². The van der Waals surface area contributed by atoms with Crippen molar-refractivity contribution in [2.45, 2.75) is 25.9 Å². The second-order valence-electron chi connectivity index (χ2n) is 4.34. The molecule has 0 spiro atoms. The molecule has 0 aromatic carbocycles. The third kappa shape index (κ3) is 2.39. The van der Waals surface area contributed by atoms with Gasteiger partial charge in [-0.2, -0.15) is 0 Å². The van der Waals surface area contributed by atoms with Gasteiger partial charge in [-0.25, -0.2) is 0 Å². The van der Waals surface area contributed by atoms with Crippen LogP contribution in [0.3, 0.4) is 0 Å². The molecular formula is C10H17BrN4. The van der Waals surface area contributed by atoms with Crippen molar-refractivity contribution in [2.75, 3.05) is 11.9 Å². The topological polar surface area (TPSA) is 34.0 Å². The number of aryl methyl sites for hydroxylation is 1. The molecule has 84 valence electrons. The molecule has 5 heteroatoms. The van der Waals surface area contributed by atoms with Crippen LogP contribution in [-0.2, 0) is 13.6 Å². The number of hydrogen-bond acceptors (Lipinski definition) is 3. The van der Waals surface area contributed by atoms with Crippen molar-refractivity contribution in [2.24, 2.45) is 13.0 Å². The number of hydrogen-bond donors (Lipinski definition) is 0. The van der Waals surface area contributed by atoms with E-state index in [1.54, 1.807) is 4.68 Å². The third-order valence-electron chi connectivity index (χ3n) is 3.17. The molecule has 0 amide bonds. The van der Waals surface area contributed by atoms with Gasteiger partial charge in [0, 0.05) is 31.2 Å². The molecule has 2 rings (SSSR count). The Morgan fingerprint density at radius 2 is 2.40 bits per heavy atom. The van der Waals surface area contributed by atoms with Gasteiger partial charge in [0.05, 0.1) is 5.69 Å². The molecular weight excluding hydrogens is 256 g/mol. The largest absolute Gasteiger partial charge is 0.293 e. The fourth-order valence-electron chi connectivity index (χ4n) is 2.21. The molecule has 15 heavy (non-hydrogen) atoms. The fourth-order valence-corrected chi connectivity index (χ4v) is 3.26. The van der Waals surface area contributed by atoms with E-state index >= 15 is 0 Å². The summed E-state index contributed by atoms with van der Waals surface area (Å²) in [5.41, 5.74) is 1.07. The van der Waals surface area contributed by atoms with Crippen LogP contribution < -0.4 is 0 Å². The maximum absolute atomic E-state index is 4.13. The Bertz CT molecular complexity index is 325. The first kappa shape index (κ1) is 11.1. The maximum atomic E-state index is 4.13. The number of aromatic nitrogens is 3. The molecule has 0 aliphatic carbocycles. The van der Waals surface area contributed by atoms with Gasteiger partial charge in [0.15, 0.2) is 0 Å². The van der Waals surface area contributed by atoms with Crippen molar-refractivity contribution >= 4 is 15.9 Å². The first-order valence-electron chi connectivity index (χ1n) is 5.36. The standard InChI is InChI=1S/C10H17BrN4/c1-8-3-4-15(10(8)5-11)7-9-6-14(2)13-12-9/h6,8,10H,3-5,7H2,1-2H3. The van der Waals surface area contributed by atoms with Gasteiger partial charge >= 0.3 is 0 Å². The van der Waals surface area contributed by atoms with Crippen molar-refractivity contribution < 1.29 is 0 Å². The Hall–Kier alpha value is -0.420. The molecule has 1 saturated heterocycles. The molecule has 1 aliphatic heterocycles. The quantitative estimate of drug-likeness (QED) is 0.781. The molecule has 1 aromatic heterocycles. The molecule has 4 nitrogen and oxygen atoms in total. The molecule has 0 saturated carbocycles. The van der Waals surface area contributed by atoms with Crippen molar-refractivity contribution in [3.8, 4) is 0 Å². The van der Waals surface area contributed by atoms with Gasteiger partial charge < -0.3 is 0 Å². The van der Waals surface area contributed by atoms with Gasteiger partial charge in [0.1, 0.15) is 0 Å². The van der Waals surface area contributed by atoms with E-state index in [1.165, 1.54) is 13.0 Å². The van der Waals surface area contributed by atoms with Crippen LogP contribution in [0.5, 0.6) is 0 Å². The lowest BCUT2D eigenvalue weighted by atomic mass is 10.1. The normalized spacial score (nSPS) is 27.4. The number of nitrogens with zero attached hydrogens (tertiary/aromatic N) is 4. The van der Waals surface area contributed by atoms with E-state index in [4.69, 9.17) is 0 Å². The average molecular weight is 273 g/mol. The summed E-state index contributed by atoms with van der Waals surface area (Å²) in [6.45, 7) is 4.42. The molecule has 2 heterocycles. The fraction of sp³-hybridized carbons (Fsp3) is 0.800. The van der Waals surface area contributed by atoms with E-state index in [0.29, 0.717) is 6.04 Å². The number of halogens is 1. The smallest absolute Gasteiger partial charge is 0.0967 e. The predicted molar refractivity (Wildman–Crippen MR) is 62.8 cm³/mol. The summed E-state index contributed by atoms with van der Waals surface area (Å²) in [5.74, 6) is 0.779. The lowest BCUT2D eigenvalue weighted by Crippen LogP contribution is -2.33. The zero-order chi connectivity index (χ0) is 10.8. The monoisotopic (exact) mass is 272 g/mol. The Morgan fingerprint density at radius 3 is 3.00 bits per heavy atom. The minimum Gasteiger partial charge on any atom is -0.293 e. The molecule has 1 fully saturated rings. The highest BCUT2D eigenvalue weighted by molar-refractivity contribution is 9.09. The predicted octanol–water partition coefficient (Wildman–Crippen LogP) is 1.42. The molecule has 2 atom stereocenters. The van der Waals surface area contributed by atoms with Gasteiger partial charge in [0.2, 0.25) is 0 Å². The molecule has 2 unspecified atom stereocenters. The van der Waals surface area contributed by atoms with Crippen molar-refractivity contribution in [1.29, 1.82) is 0 Å². The number of alkyl halides is 1. The van der Waals surface area contributed by atoms with Crippen LogP contribution in [-0.4, -0.2) is 37.8 Å². The van der Waals surface area contributed by atoms with Crippen molar-refractivity contribution in [3.63, 3.8) is 0 Å². The van der Waals surface area contributed by atoms with E-state index in [-0.39, 0.29) is 0 Å². The summed E-state index contributed by atoms with van der Waals surface area (Å²) >= 11 is 3.59. The van der Waals surface area contributed by atoms with E-state index in [9.17, 15) is 0 Å². The van der Waals surface area contributed by atoms with E-state index in [0.717, 1.165) is 23.5 Å². The Labute approximate surface area is 98.8 Å². The van der Waals surface area contributed by atoms with Crippen LogP contribution in [0.1, 0.15) is 19.0 Å². The zero-order valence-electron chi connectivity index (χ0n) is 9.23. The van der Waals surface area contributed by atoms with Gasteiger partial charge in [-0.1, -0.05) is 28.1 Å². The first-order chi connectivity index (χ1) is 7.20. The summed E-state index contributed by atoms with van der Waals surface area (Å²) in [7, 11) is 1.91. The Kier molecular flexibility index (Phi) is 3.41. The molecule has 0 radical (unpaired) electrons. The number of likely N-dealkylation sites (tertiary alicyclic amines) is 1. The van der Waals surface area contributed by atoms with E-state index < -0.39 is 0 Å². The average Bonchev–Trinajstić information content (AvgIpc) is 2.75. The lowest BCUT2D eigenvalue weighted by Gasteiger charge is -2.23. The summed E-state index contributed by atoms with van der Waals surface area (Å²) in [4.78, 5) is 2.49. The molecule has 1 aromatic rings. The SMILES string of the molecule is CC1CCN(Cc2cn(C)nn2)C1CBr. The third-order valence-corrected chi connectivity index (χ3v) is 3.83. The second kappa shape index (κ2) is 4.61. The number of rotatable bonds is 3. The molecule has 0 bridgehead atoms. The summed E-state index contributed by atoms with van der Waals surface area (Å²) in [6, 6.07) is 0.645. The van der Waals surface area contributed by atoms with Crippen LogP contribution in [0.4, 0.5) is 0 Å². The van der Waals surface area contributed by atoms with E-state index in [2.05, 4.69) is 38.1 Å². The van der Waals surface area contributed by atoms with Gasteiger partial charge in [-0.3, -0.25) is 9.58 Å². The maximum Gasteiger partial charge on any atom is 0.0967 e. The first-order valence-corrected chi connectivity index (χ1v) is 6.48. The van der Waals surface area contributed by atoms with E-state index in [1.807, 2.05) is 13.2 Å². The summed E-state index contributed by atoms with van der Waals surface area (Å²) < 4.78 is 1.76. The van der Waals surface area contributed by atoms with Crippen molar-refractivity contribution in [1.82, 2.24) is 19.9 Å². The minimum absolute atomic E-state index is 0.645. The molecule has 0 N–H and O–H groups in total. The molecule has 1 aliphatic rings. The van der Waals surface area contributed by atoms with Crippen LogP contribution in [0.2, 0.25) is 0 Å². The summed E-state index contributed by atoms with van der Waals surface area (Å²) in [6.07, 6.45) is 3.28. The van der Waals surface area contributed by atoms with Gasteiger partial charge in [-0.15, -0.1) is 5.10 Å². The minimum atomic E-state index is 0.645. The summed E-state index contributed by atoms with van der Waals surface area (Å²) in [5, 5.41) is 9.14. The Morgan fingerprint density at radius 1 is 1.60 bits per heavy atom. The second-order valence-corrected chi connectivity index (χ2v) is 4.99. The highest BCUT2D eigenvalue weighted by Crippen LogP contribution is 2.26. The highest BCUT2D eigenvalue weighted by atomic mass is 79.9. The van der Waals surface area contributed by atoms with Gasteiger partial charge in [0.25, 0.3) is 0 Å². The van der Waals surface area contributed by atoms with Crippen molar-refractivity contribution in [3.05, 3.63) is 11.9 Å². The Balaban J connectivity index is 2.00. The van der Waals surface area contributed by atoms with Gasteiger partial charge in [-0.05, 0) is 18.9 Å². The van der Waals surface area contributed by atoms with Crippen LogP contribution in [0.15, 0.2) is 6.20 Å². The zero-order valence-corrected chi connectivity index (χ0v) is 10.8. The lowest BCUT2D eigenvalue weighted by molar-refractivity contribution is 0.241. The van der Waals surface area contributed by atoms with Crippen LogP contribution in [0, 0.1) is 5.92 Å². The van der Waals surface area contributed by atoms with Crippen LogP contribution >= 0.6 is 15.9 Å².